The molecule has 1 heterocycles. The van der Waals surface area contributed by atoms with Crippen LogP contribution in [0.4, 0.5) is 0 Å². The molecule has 0 saturated carbocycles. The van der Waals surface area contributed by atoms with E-state index in [1.54, 1.807) is 6.92 Å². The summed E-state index contributed by atoms with van der Waals surface area (Å²) in [6.07, 6.45) is 1.94. The van der Waals surface area contributed by atoms with Gasteiger partial charge in [-0.15, -0.1) is 0 Å². The van der Waals surface area contributed by atoms with Crippen LogP contribution >= 0.6 is 0 Å². The van der Waals surface area contributed by atoms with Crippen molar-refractivity contribution in [1.82, 2.24) is 0 Å². The molecule has 4 atom stereocenters. The van der Waals surface area contributed by atoms with Crippen LogP contribution in [0.1, 0.15) is 33.1 Å². The molecule has 0 bridgehead atoms. The van der Waals surface area contributed by atoms with E-state index in [2.05, 4.69) is 6.92 Å². The lowest BCUT2D eigenvalue weighted by molar-refractivity contribution is -0.153. The standard InChI is InChI=1S/C12H23NO4/c1-3-4-5-9-8(2)17-12(15)10(13)6-16-7-11(9)14/h8-11,14H,3-7,13H2,1-2H3/t8-,9-,10-,11-/m0/s1. The number of ether oxygens (including phenoxy) is 2. The molecule has 0 amide bonds. The highest BCUT2D eigenvalue weighted by molar-refractivity contribution is 5.75. The summed E-state index contributed by atoms with van der Waals surface area (Å²) >= 11 is 0. The molecular weight excluding hydrogens is 222 g/mol. The van der Waals surface area contributed by atoms with Gasteiger partial charge in [0, 0.05) is 5.92 Å². The van der Waals surface area contributed by atoms with Gasteiger partial charge in [-0.05, 0) is 13.3 Å². The number of rotatable bonds is 3. The molecule has 0 aliphatic carbocycles. The predicted molar refractivity (Wildman–Crippen MR) is 63.4 cm³/mol. The molecule has 5 nitrogen and oxygen atoms in total. The number of esters is 1. The van der Waals surface area contributed by atoms with Crippen LogP contribution in [-0.4, -0.2) is 42.5 Å². The fraction of sp³-hybridized carbons (Fsp3) is 0.917. The minimum Gasteiger partial charge on any atom is -0.461 e. The maximum Gasteiger partial charge on any atom is 0.325 e. The van der Waals surface area contributed by atoms with Crippen molar-refractivity contribution in [2.24, 2.45) is 11.7 Å². The Morgan fingerprint density at radius 3 is 2.82 bits per heavy atom. The van der Waals surface area contributed by atoms with Crippen molar-refractivity contribution in [3.8, 4) is 0 Å². The van der Waals surface area contributed by atoms with Crippen LogP contribution in [0.15, 0.2) is 0 Å². The van der Waals surface area contributed by atoms with Gasteiger partial charge < -0.3 is 20.3 Å². The number of unbranched alkanes of at least 4 members (excludes halogenated alkanes) is 1. The Labute approximate surface area is 102 Å². The van der Waals surface area contributed by atoms with E-state index in [4.69, 9.17) is 15.2 Å². The summed E-state index contributed by atoms with van der Waals surface area (Å²) in [6, 6.07) is -0.755. The molecular formula is C12H23NO4. The number of aliphatic hydroxyl groups excluding tert-OH is 1. The van der Waals surface area contributed by atoms with Gasteiger partial charge in [0.15, 0.2) is 0 Å². The molecule has 1 rings (SSSR count). The third-order valence-electron chi connectivity index (χ3n) is 3.18. The Balaban J connectivity index is 2.67. The second kappa shape index (κ2) is 6.93. The highest BCUT2D eigenvalue weighted by Crippen LogP contribution is 2.21. The van der Waals surface area contributed by atoms with Crippen molar-refractivity contribution in [3.05, 3.63) is 0 Å². The van der Waals surface area contributed by atoms with Crippen LogP contribution in [0.5, 0.6) is 0 Å². The average molecular weight is 245 g/mol. The minimum absolute atomic E-state index is 0.0794. The molecule has 0 aromatic heterocycles. The largest absolute Gasteiger partial charge is 0.461 e. The molecule has 5 heteroatoms. The van der Waals surface area contributed by atoms with Gasteiger partial charge in [-0.3, -0.25) is 4.79 Å². The minimum atomic E-state index is -0.755. The van der Waals surface area contributed by atoms with Crippen molar-refractivity contribution >= 4 is 5.97 Å². The molecule has 0 unspecified atom stereocenters. The number of cyclic esters (lactones) is 1. The first kappa shape index (κ1) is 14.4. The Kier molecular flexibility index (Phi) is 5.88. The van der Waals surface area contributed by atoms with E-state index >= 15 is 0 Å². The normalized spacial score (nSPS) is 35.6. The molecule has 3 N–H and O–H groups in total. The number of carbonyl (C=O) groups is 1. The molecule has 0 spiro atoms. The van der Waals surface area contributed by atoms with Gasteiger partial charge >= 0.3 is 5.97 Å². The van der Waals surface area contributed by atoms with Crippen LogP contribution in [0.3, 0.4) is 0 Å². The van der Waals surface area contributed by atoms with Crippen molar-refractivity contribution < 1.29 is 19.4 Å². The van der Waals surface area contributed by atoms with E-state index < -0.39 is 18.1 Å². The van der Waals surface area contributed by atoms with Gasteiger partial charge in [-0.25, -0.2) is 0 Å². The molecule has 0 radical (unpaired) electrons. The zero-order valence-electron chi connectivity index (χ0n) is 10.6. The predicted octanol–water partition coefficient (Wildman–Crippen LogP) is 0.443. The van der Waals surface area contributed by atoms with Crippen molar-refractivity contribution in [3.63, 3.8) is 0 Å². The number of hydrogen-bond donors (Lipinski definition) is 2. The molecule has 1 aliphatic heterocycles. The van der Waals surface area contributed by atoms with Crippen molar-refractivity contribution in [2.75, 3.05) is 13.2 Å². The quantitative estimate of drug-likeness (QED) is 0.705. The zero-order valence-corrected chi connectivity index (χ0v) is 10.6. The fourth-order valence-electron chi connectivity index (χ4n) is 2.05. The lowest BCUT2D eigenvalue weighted by atomic mass is 9.91. The van der Waals surface area contributed by atoms with Crippen LogP contribution < -0.4 is 5.73 Å². The van der Waals surface area contributed by atoms with Gasteiger partial charge in [-0.2, -0.15) is 0 Å². The summed E-state index contributed by atoms with van der Waals surface area (Å²) in [4.78, 5) is 11.5. The lowest BCUT2D eigenvalue weighted by Gasteiger charge is -2.27. The van der Waals surface area contributed by atoms with E-state index in [0.29, 0.717) is 0 Å². The van der Waals surface area contributed by atoms with Crippen LogP contribution in [-0.2, 0) is 14.3 Å². The molecule has 100 valence electrons. The summed E-state index contributed by atoms with van der Waals surface area (Å²) in [5.74, 6) is -0.530. The second-order valence-electron chi connectivity index (χ2n) is 4.66. The third kappa shape index (κ3) is 4.26. The summed E-state index contributed by atoms with van der Waals surface area (Å²) < 4.78 is 10.5. The summed E-state index contributed by atoms with van der Waals surface area (Å²) in [5.41, 5.74) is 5.59. The average Bonchev–Trinajstić information content (AvgIpc) is 2.31. The lowest BCUT2D eigenvalue weighted by Crippen LogP contribution is -2.39. The SMILES string of the molecule is CCCC[C@H]1[C@H](C)OC(=O)[C@@H](N)COC[C@@H]1O. The number of nitrogens with two attached hydrogens (primary N) is 1. The maximum absolute atomic E-state index is 11.5. The summed E-state index contributed by atoms with van der Waals surface area (Å²) in [6.45, 7) is 4.20. The van der Waals surface area contributed by atoms with Crippen molar-refractivity contribution in [1.29, 1.82) is 0 Å². The molecule has 1 aliphatic rings. The van der Waals surface area contributed by atoms with Crippen molar-refractivity contribution in [2.45, 2.75) is 51.4 Å². The monoisotopic (exact) mass is 245 g/mol. The molecule has 1 fully saturated rings. The van der Waals surface area contributed by atoms with Gasteiger partial charge in [0.25, 0.3) is 0 Å². The van der Waals surface area contributed by atoms with E-state index in [9.17, 15) is 9.90 Å². The summed E-state index contributed by atoms with van der Waals surface area (Å²) in [5, 5.41) is 10.0. The van der Waals surface area contributed by atoms with Gasteiger partial charge in [0.2, 0.25) is 0 Å². The Hall–Kier alpha value is -0.650. The highest BCUT2D eigenvalue weighted by Gasteiger charge is 2.31. The molecule has 0 aromatic rings. The first-order valence-corrected chi connectivity index (χ1v) is 6.28. The fourth-order valence-corrected chi connectivity index (χ4v) is 2.05. The van der Waals surface area contributed by atoms with E-state index in [1.807, 2.05) is 0 Å². The highest BCUT2D eigenvalue weighted by atomic mass is 16.6. The molecule has 1 saturated heterocycles. The Bertz CT molecular complexity index is 247. The van der Waals surface area contributed by atoms with Gasteiger partial charge in [0.05, 0.1) is 19.3 Å². The Morgan fingerprint density at radius 1 is 1.47 bits per heavy atom. The number of hydrogen-bond acceptors (Lipinski definition) is 5. The zero-order chi connectivity index (χ0) is 12.8. The second-order valence-corrected chi connectivity index (χ2v) is 4.66. The van der Waals surface area contributed by atoms with Gasteiger partial charge in [-0.1, -0.05) is 19.8 Å². The number of aliphatic hydroxyl groups is 1. The van der Waals surface area contributed by atoms with Gasteiger partial charge in [0.1, 0.15) is 12.1 Å². The molecule has 17 heavy (non-hydrogen) atoms. The van der Waals surface area contributed by atoms with Crippen LogP contribution in [0.25, 0.3) is 0 Å². The summed E-state index contributed by atoms with van der Waals surface area (Å²) in [7, 11) is 0. The van der Waals surface area contributed by atoms with E-state index in [1.165, 1.54) is 0 Å². The van der Waals surface area contributed by atoms with Crippen LogP contribution in [0, 0.1) is 5.92 Å². The first-order chi connectivity index (χ1) is 8.06. The molecule has 0 aromatic carbocycles. The maximum atomic E-state index is 11.5. The first-order valence-electron chi connectivity index (χ1n) is 6.28. The number of carbonyl (C=O) groups excluding carboxylic acids is 1. The van der Waals surface area contributed by atoms with E-state index in [0.717, 1.165) is 19.3 Å². The third-order valence-corrected chi connectivity index (χ3v) is 3.18. The van der Waals surface area contributed by atoms with Crippen LogP contribution in [0.2, 0.25) is 0 Å². The Morgan fingerprint density at radius 2 is 2.18 bits per heavy atom. The van der Waals surface area contributed by atoms with E-state index in [-0.39, 0.29) is 25.2 Å². The smallest absolute Gasteiger partial charge is 0.325 e. The topological polar surface area (TPSA) is 81.8 Å².